The highest BCUT2D eigenvalue weighted by molar-refractivity contribution is 4.84. The first-order chi connectivity index (χ1) is 5.16. The van der Waals surface area contributed by atoms with Gasteiger partial charge in [-0.1, -0.05) is 0 Å². The Hall–Kier alpha value is -0.120. The molecule has 1 aliphatic carbocycles. The fourth-order valence-corrected chi connectivity index (χ4v) is 1.60. The number of hydrogen-bond acceptors (Lipinski definition) is 3. The third-order valence-corrected chi connectivity index (χ3v) is 2.46. The third kappa shape index (κ3) is 2.43. The van der Waals surface area contributed by atoms with Crippen LogP contribution in [0.1, 0.15) is 32.1 Å². The van der Waals surface area contributed by atoms with E-state index in [4.69, 9.17) is 10.2 Å². The largest absolute Gasteiger partial charge is 0.396 e. The summed E-state index contributed by atoms with van der Waals surface area (Å²) >= 11 is 0. The van der Waals surface area contributed by atoms with Gasteiger partial charge in [0.15, 0.2) is 0 Å². The maximum atomic E-state index is 9.72. The Morgan fingerprint density at radius 1 is 1.27 bits per heavy atom. The van der Waals surface area contributed by atoms with Gasteiger partial charge >= 0.3 is 0 Å². The van der Waals surface area contributed by atoms with E-state index in [1.54, 1.807) is 0 Å². The zero-order chi connectivity index (χ0) is 8.32. The van der Waals surface area contributed by atoms with Crippen LogP contribution in [0.2, 0.25) is 0 Å². The zero-order valence-electron chi connectivity index (χ0n) is 6.66. The van der Waals surface area contributed by atoms with Crippen LogP contribution < -0.4 is 0 Å². The van der Waals surface area contributed by atoms with E-state index in [2.05, 4.69) is 0 Å². The average molecular weight is 160 g/mol. The molecule has 3 heteroatoms. The molecule has 0 aliphatic heterocycles. The van der Waals surface area contributed by atoms with Gasteiger partial charge in [-0.25, -0.2) is 0 Å². The molecule has 1 fully saturated rings. The van der Waals surface area contributed by atoms with Gasteiger partial charge in [-0.15, -0.1) is 0 Å². The molecule has 0 aromatic rings. The second-order valence-corrected chi connectivity index (χ2v) is 3.43. The van der Waals surface area contributed by atoms with E-state index in [-0.39, 0.29) is 12.7 Å². The van der Waals surface area contributed by atoms with E-state index in [1.807, 2.05) is 0 Å². The van der Waals surface area contributed by atoms with E-state index < -0.39 is 5.60 Å². The van der Waals surface area contributed by atoms with Crippen LogP contribution in [-0.4, -0.2) is 33.6 Å². The van der Waals surface area contributed by atoms with Crippen molar-refractivity contribution in [2.45, 2.75) is 43.8 Å². The maximum absolute atomic E-state index is 9.72. The van der Waals surface area contributed by atoms with Gasteiger partial charge in [0.25, 0.3) is 0 Å². The van der Waals surface area contributed by atoms with Crippen LogP contribution in [0.4, 0.5) is 0 Å². The first-order valence-corrected chi connectivity index (χ1v) is 4.18. The summed E-state index contributed by atoms with van der Waals surface area (Å²) in [5.41, 5.74) is -0.700. The van der Waals surface area contributed by atoms with Crippen LogP contribution in [0.3, 0.4) is 0 Å². The maximum Gasteiger partial charge on any atom is 0.0671 e. The van der Waals surface area contributed by atoms with Gasteiger partial charge in [-0.2, -0.15) is 0 Å². The molecule has 66 valence electrons. The molecule has 1 aliphatic rings. The van der Waals surface area contributed by atoms with Gasteiger partial charge < -0.3 is 15.3 Å². The molecule has 0 spiro atoms. The minimum Gasteiger partial charge on any atom is -0.396 e. The molecule has 11 heavy (non-hydrogen) atoms. The molecule has 0 aromatic carbocycles. The summed E-state index contributed by atoms with van der Waals surface area (Å²) in [6, 6.07) is 0. The minimum absolute atomic E-state index is 0.0343. The molecule has 0 radical (unpaired) electrons. The molecule has 3 nitrogen and oxygen atoms in total. The first-order valence-electron chi connectivity index (χ1n) is 4.18. The number of hydrogen-bond donors (Lipinski definition) is 3. The standard InChI is InChI=1S/C8H16O3/c9-6-5-8(11)3-1-7(10)2-4-8/h7,9-11H,1-6H2. The monoisotopic (exact) mass is 160 g/mol. The minimum atomic E-state index is -0.700. The molecule has 0 bridgehead atoms. The van der Waals surface area contributed by atoms with Crippen LogP contribution in [-0.2, 0) is 0 Å². The van der Waals surface area contributed by atoms with Crippen molar-refractivity contribution in [3.05, 3.63) is 0 Å². The lowest BCUT2D eigenvalue weighted by molar-refractivity contribution is -0.0458. The fraction of sp³-hybridized carbons (Fsp3) is 1.00. The highest BCUT2D eigenvalue weighted by Gasteiger charge is 2.31. The second kappa shape index (κ2) is 3.52. The van der Waals surface area contributed by atoms with E-state index in [0.29, 0.717) is 32.1 Å². The normalized spacial score (nSPS) is 39.0. The quantitative estimate of drug-likeness (QED) is 0.534. The lowest BCUT2D eigenvalue weighted by atomic mass is 9.81. The Labute approximate surface area is 66.7 Å². The summed E-state index contributed by atoms with van der Waals surface area (Å²) in [6.45, 7) is 0.0343. The molecule has 1 rings (SSSR count). The molecule has 1 saturated carbocycles. The molecule has 0 amide bonds. The van der Waals surface area contributed by atoms with Gasteiger partial charge in [0.05, 0.1) is 11.7 Å². The molecular weight excluding hydrogens is 144 g/mol. The smallest absolute Gasteiger partial charge is 0.0671 e. The second-order valence-electron chi connectivity index (χ2n) is 3.43. The van der Waals surface area contributed by atoms with Crippen molar-refractivity contribution in [1.82, 2.24) is 0 Å². The summed E-state index contributed by atoms with van der Waals surface area (Å²) in [5.74, 6) is 0. The van der Waals surface area contributed by atoms with Gasteiger partial charge in [0.2, 0.25) is 0 Å². The highest BCUT2D eigenvalue weighted by atomic mass is 16.3. The molecule has 0 aromatic heterocycles. The van der Waals surface area contributed by atoms with Crippen molar-refractivity contribution in [3.63, 3.8) is 0 Å². The topological polar surface area (TPSA) is 60.7 Å². The van der Waals surface area contributed by atoms with Gasteiger partial charge in [-0.3, -0.25) is 0 Å². The molecule has 0 heterocycles. The Kier molecular flexibility index (Phi) is 2.87. The van der Waals surface area contributed by atoms with E-state index >= 15 is 0 Å². The van der Waals surface area contributed by atoms with E-state index in [9.17, 15) is 5.11 Å². The Bertz CT molecular complexity index is 117. The van der Waals surface area contributed by atoms with Crippen molar-refractivity contribution in [2.24, 2.45) is 0 Å². The van der Waals surface area contributed by atoms with E-state index in [1.165, 1.54) is 0 Å². The van der Waals surface area contributed by atoms with Gasteiger partial charge in [0, 0.05) is 6.61 Å². The SMILES string of the molecule is OCCC1(O)CCC(O)CC1. The van der Waals surface area contributed by atoms with Crippen molar-refractivity contribution in [1.29, 1.82) is 0 Å². The molecule has 0 atom stereocenters. The third-order valence-electron chi connectivity index (χ3n) is 2.46. The fourth-order valence-electron chi connectivity index (χ4n) is 1.60. The van der Waals surface area contributed by atoms with Gasteiger partial charge in [-0.05, 0) is 32.1 Å². The number of aliphatic hydroxyl groups is 3. The van der Waals surface area contributed by atoms with Crippen molar-refractivity contribution in [3.8, 4) is 0 Å². The lowest BCUT2D eigenvalue weighted by Crippen LogP contribution is -2.36. The summed E-state index contributed by atoms with van der Waals surface area (Å²) in [5, 5.41) is 27.5. The summed E-state index contributed by atoms with van der Waals surface area (Å²) < 4.78 is 0. The van der Waals surface area contributed by atoms with Crippen molar-refractivity contribution >= 4 is 0 Å². The lowest BCUT2D eigenvalue weighted by Gasteiger charge is -2.33. The zero-order valence-corrected chi connectivity index (χ0v) is 6.66. The Balaban J connectivity index is 2.35. The van der Waals surface area contributed by atoms with E-state index in [0.717, 1.165) is 0 Å². The molecule has 0 saturated heterocycles. The Morgan fingerprint density at radius 3 is 2.27 bits per heavy atom. The molecule has 0 unspecified atom stereocenters. The van der Waals surface area contributed by atoms with Crippen molar-refractivity contribution in [2.75, 3.05) is 6.61 Å². The highest BCUT2D eigenvalue weighted by Crippen LogP contribution is 2.30. The average Bonchev–Trinajstić information content (AvgIpc) is 1.97. The number of rotatable bonds is 2. The summed E-state index contributed by atoms with van der Waals surface area (Å²) in [4.78, 5) is 0. The van der Waals surface area contributed by atoms with Gasteiger partial charge in [0.1, 0.15) is 0 Å². The Morgan fingerprint density at radius 2 is 1.82 bits per heavy atom. The summed E-state index contributed by atoms with van der Waals surface area (Å²) in [6.07, 6.45) is 2.77. The summed E-state index contributed by atoms with van der Waals surface area (Å²) in [7, 11) is 0. The molecular formula is C8H16O3. The predicted molar refractivity (Wildman–Crippen MR) is 41.1 cm³/mol. The number of aliphatic hydroxyl groups excluding tert-OH is 2. The van der Waals surface area contributed by atoms with Crippen LogP contribution in [0, 0.1) is 0 Å². The van der Waals surface area contributed by atoms with Crippen LogP contribution >= 0.6 is 0 Å². The molecule has 3 N–H and O–H groups in total. The van der Waals surface area contributed by atoms with Crippen molar-refractivity contribution < 1.29 is 15.3 Å². The predicted octanol–water partition coefficient (Wildman–Crippen LogP) is 0.0348. The first kappa shape index (κ1) is 8.97. The van der Waals surface area contributed by atoms with Crippen LogP contribution in [0.5, 0.6) is 0 Å². The van der Waals surface area contributed by atoms with Crippen LogP contribution in [0.25, 0.3) is 0 Å². The van der Waals surface area contributed by atoms with Crippen LogP contribution in [0.15, 0.2) is 0 Å².